The van der Waals surface area contributed by atoms with Crippen molar-refractivity contribution in [1.29, 1.82) is 0 Å². The van der Waals surface area contributed by atoms with Crippen molar-refractivity contribution in [3.63, 3.8) is 0 Å². The Morgan fingerprint density at radius 1 is 0.594 bits per heavy atom. The predicted molar refractivity (Wildman–Crippen MR) is 125 cm³/mol. The minimum absolute atomic E-state index is 0.186. The van der Waals surface area contributed by atoms with Gasteiger partial charge < -0.3 is 31.9 Å². The van der Waals surface area contributed by atoms with Crippen LogP contribution in [0.25, 0.3) is 0 Å². The Balaban J connectivity index is 2.49. The van der Waals surface area contributed by atoms with Crippen molar-refractivity contribution in [2.45, 2.75) is 77.0 Å². The lowest BCUT2D eigenvalue weighted by Crippen LogP contribution is -2.14. The molecule has 0 radical (unpaired) electrons. The molecule has 1 rings (SSSR count). The fourth-order valence-corrected chi connectivity index (χ4v) is 2.99. The number of nitrogens with zero attached hydrogens (tertiary/aromatic N) is 3. The molecule has 1 aromatic heterocycles. The van der Waals surface area contributed by atoms with Crippen LogP contribution < -0.4 is 21.7 Å². The van der Waals surface area contributed by atoms with E-state index < -0.39 is 11.9 Å². The first-order chi connectivity index (χ1) is 15.5. The van der Waals surface area contributed by atoms with E-state index >= 15 is 0 Å². The summed E-state index contributed by atoms with van der Waals surface area (Å²) in [5, 5.41) is 27.0. The number of hydrogen-bond donors (Lipinski definition) is 6. The molecule has 0 spiro atoms. The molecule has 0 aliphatic rings. The zero-order valence-corrected chi connectivity index (χ0v) is 18.9. The van der Waals surface area contributed by atoms with E-state index in [1.54, 1.807) is 0 Å². The van der Waals surface area contributed by atoms with Crippen molar-refractivity contribution in [3.05, 3.63) is 0 Å². The Hall–Kier alpha value is -2.69. The van der Waals surface area contributed by atoms with Gasteiger partial charge in [-0.15, -0.1) is 0 Å². The van der Waals surface area contributed by atoms with Crippen LogP contribution in [0, 0.1) is 0 Å². The molecule has 0 saturated carbocycles. The second kappa shape index (κ2) is 17.9. The number of aliphatic carboxylic acids is 2. The number of rotatable bonds is 21. The maximum Gasteiger partial charge on any atom is 0.303 e. The van der Waals surface area contributed by atoms with Crippen LogP contribution in [0.1, 0.15) is 77.0 Å². The van der Waals surface area contributed by atoms with Crippen LogP contribution in [-0.4, -0.2) is 63.3 Å². The summed E-state index contributed by atoms with van der Waals surface area (Å²) in [6, 6.07) is 0. The van der Waals surface area contributed by atoms with Gasteiger partial charge in [0.2, 0.25) is 17.8 Å². The Morgan fingerprint density at radius 2 is 0.938 bits per heavy atom. The molecule has 7 N–H and O–H groups in total. The number of nitrogens with one attached hydrogen (secondary N) is 3. The van der Waals surface area contributed by atoms with Crippen LogP contribution in [-0.2, 0) is 9.59 Å². The molecule has 1 heterocycles. The summed E-state index contributed by atoms with van der Waals surface area (Å²) in [5.41, 5.74) is 5.52. The highest BCUT2D eigenvalue weighted by Crippen LogP contribution is 2.11. The predicted octanol–water partition coefficient (Wildman–Crippen LogP) is 2.92. The number of aromatic nitrogens is 3. The zero-order chi connectivity index (χ0) is 23.4. The molecular formula is C21H39N7O4. The Kier molecular flexibility index (Phi) is 15.3. The lowest BCUT2D eigenvalue weighted by molar-refractivity contribution is -0.138. The Bertz CT molecular complexity index is 617. The topological polar surface area (TPSA) is 175 Å². The average molecular weight is 454 g/mol. The van der Waals surface area contributed by atoms with Gasteiger partial charge in [0.25, 0.3) is 0 Å². The zero-order valence-electron chi connectivity index (χ0n) is 18.9. The summed E-state index contributed by atoms with van der Waals surface area (Å²) >= 11 is 0. The van der Waals surface area contributed by atoms with Crippen molar-refractivity contribution in [2.24, 2.45) is 5.73 Å². The third-order valence-electron chi connectivity index (χ3n) is 4.75. The number of unbranched alkanes of at least 4 members (excludes halogenated alkanes) is 7. The number of hydrogen-bond acceptors (Lipinski definition) is 9. The van der Waals surface area contributed by atoms with Crippen LogP contribution in [0.3, 0.4) is 0 Å². The smallest absolute Gasteiger partial charge is 0.303 e. The van der Waals surface area contributed by atoms with E-state index in [-0.39, 0.29) is 12.8 Å². The Morgan fingerprint density at radius 3 is 1.28 bits per heavy atom. The van der Waals surface area contributed by atoms with E-state index in [0.29, 0.717) is 43.8 Å². The van der Waals surface area contributed by atoms with Crippen molar-refractivity contribution < 1.29 is 19.8 Å². The molecule has 0 fully saturated rings. The molecule has 0 saturated heterocycles. The van der Waals surface area contributed by atoms with E-state index in [4.69, 9.17) is 15.9 Å². The highest BCUT2D eigenvalue weighted by molar-refractivity contribution is 5.66. The van der Waals surface area contributed by atoms with E-state index in [1.165, 1.54) is 0 Å². The quantitative estimate of drug-likeness (QED) is 0.151. The minimum Gasteiger partial charge on any atom is -0.481 e. The van der Waals surface area contributed by atoms with Crippen molar-refractivity contribution in [2.75, 3.05) is 42.1 Å². The van der Waals surface area contributed by atoms with Gasteiger partial charge in [0, 0.05) is 32.5 Å². The van der Waals surface area contributed by atoms with E-state index in [2.05, 4.69) is 30.9 Å². The summed E-state index contributed by atoms with van der Waals surface area (Å²) in [5.74, 6) is -0.101. The first-order valence-electron chi connectivity index (χ1n) is 11.6. The van der Waals surface area contributed by atoms with Crippen molar-refractivity contribution in [3.8, 4) is 0 Å². The largest absolute Gasteiger partial charge is 0.481 e. The van der Waals surface area contributed by atoms with Gasteiger partial charge in [-0.05, 0) is 45.1 Å². The number of anilines is 3. The monoisotopic (exact) mass is 453 g/mol. The van der Waals surface area contributed by atoms with Crippen molar-refractivity contribution >= 4 is 29.8 Å². The van der Waals surface area contributed by atoms with Crippen molar-refractivity contribution in [1.82, 2.24) is 15.0 Å². The van der Waals surface area contributed by atoms with E-state index in [1.807, 2.05) is 0 Å². The summed E-state index contributed by atoms with van der Waals surface area (Å²) < 4.78 is 0. The molecule has 0 amide bonds. The number of carboxylic acids is 2. The average Bonchev–Trinajstić information content (AvgIpc) is 2.75. The molecule has 0 unspecified atom stereocenters. The maximum absolute atomic E-state index is 10.6. The molecular weight excluding hydrogens is 414 g/mol. The highest BCUT2D eigenvalue weighted by Gasteiger charge is 2.07. The molecule has 1 aromatic rings. The lowest BCUT2D eigenvalue weighted by Gasteiger charge is -2.11. The molecule has 0 aliphatic heterocycles. The first-order valence-corrected chi connectivity index (χ1v) is 11.6. The number of carboxylic acid groups (broad SMARTS) is 2. The third-order valence-corrected chi connectivity index (χ3v) is 4.75. The van der Waals surface area contributed by atoms with E-state index in [9.17, 15) is 9.59 Å². The van der Waals surface area contributed by atoms with Gasteiger partial charge in [0.05, 0.1) is 0 Å². The summed E-state index contributed by atoms with van der Waals surface area (Å²) in [6.07, 6.45) is 9.22. The normalized spacial score (nSPS) is 10.7. The molecule has 32 heavy (non-hydrogen) atoms. The SMILES string of the molecule is NCCCCCCNc1nc(NCCCCCC(=O)O)nc(NCCCCCC(=O)O)n1. The molecule has 0 aromatic carbocycles. The molecule has 0 aliphatic carbocycles. The van der Waals surface area contributed by atoms with Gasteiger partial charge in [0.1, 0.15) is 0 Å². The van der Waals surface area contributed by atoms with Gasteiger partial charge in [-0.25, -0.2) is 0 Å². The van der Waals surface area contributed by atoms with Crippen LogP contribution in [0.15, 0.2) is 0 Å². The van der Waals surface area contributed by atoms with E-state index in [0.717, 1.165) is 64.5 Å². The van der Waals surface area contributed by atoms with Crippen LogP contribution >= 0.6 is 0 Å². The number of carbonyl (C=O) groups is 2. The summed E-state index contributed by atoms with van der Waals surface area (Å²) in [4.78, 5) is 34.4. The standard InChI is InChI=1S/C21H39N7O4/c22-13-7-1-2-8-14-23-19-26-20(24-15-9-3-5-11-17(29)30)28-21(27-19)25-16-10-4-6-12-18(31)32/h1-16,22H2,(H,29,30)(H,31,32)(H3,23,24,25,26,27,28). The molecule has 11 nitrogen and oxygen atoms in total. The van der Waals surface area contributed by atoms with Gasteiger partial charge >= 0.3 is 11.9 Å². The molecule has 182 valence electrons. The van der Waals surface area contributed by atoms with Crippen LogP contribution in [0.5, 0.6) is 0 Å². The van der Waals surface area contributed by atoms with Gasteiger partial charge in [-0.3, -0.25) is 9.59 Å². The van der Waals surface area contributed by atoms with Gasteiger partial charge in [-0.2, -0.15) is 15.0 Å². The maximum atomic E-state index is 10.6. The molecule has 11 heteroatoms. The fraction of sp³-hybridized carbons (Fsp3) is 0.762. The third kappa shape index (κ3) is 15.2. The minimum atomic E-state index is -0.771. The fourth-order valence-electron chi connectivity index (χ4n) is 2.99. The highest BCUT2D eigenvalue weighted by atomic mass is 16.4. The summed E-state index contributed by atoms with van der Waals surface area (Å²) in [6.45, 7) is 2.78. The van der Waals surface area contributed by atoms with Crippen LogP contribution in [0.2, 0.25) is 0 Å². The van der Waals surface area contributed by atoms with Crippen LogP contribution in [0.4, 0.5) is 17.8 Å². The lowest BCUT2D eigenvalue weighted by atomic mass is 10.2. The second-order valence-electron chi connectivity index (χ2n) is 7.70. The van der Waals surface area contributed by atoms with Gasteiger partial charge in [-0.1, -0.05) is 25.7 Å². The van der Waals surface area contributed by atoms with Gasteiger partial charge in [0.15, 0.2) is 0 Å². The summed E-state index contributed by atoms with van der Waals surface area (Å²) in [7, 11) is 0. The molecule has 0 bridgehead atoms. The molecule has 0 atom stereocenters. The number of nitrogens with two attached hydrogens (primary N) is 1. The Labute approximate surface area is 190 Å². The second-order valence-corrected chi connectivity index (χ2v) is 7.70. The first kappa shape index (κ1) is 27.3.